The normalized spacial score (nSPS) is 12.2. The topological polar surface area (TPSA) is 0 Å². The third kappa shape index (κ3) is 5.92. The quantitative estimate of drug-likeness (QED) is 0.381. The molecule has 1 heteroatoms. The van der Waals surface area contributed by atoms with Crippen molar-refractivity contribution in [1.29, 1.82) is 0 Å². The highest BCUT2D eigenvalue weighted by atomic mass is 79.9. The molecule has 0 saturated heterocycles. The van der Waals surface area contributed by atoms with Crippen LogP contribution in [-0.4, -0.2) is 5.33 Å². The zero-order valence-corrected chi connectivity index (χ0v) is 11.4. The molecule has 0 atom stereocenters. The van der Waals surface area contributed by atoms with Gasteiger partial charge in [-0.15, -0.1) is 0 Å². The molecule has 0 saturated carbocycles. The molecule has 0 bridgehead atoms. The summed E-state index contributed by atoms with van der Waals surface area (Å²) >= 11 is 3.45. The Bertz CT molecular complexity index is 336. The van der Waals surface area contributed by atoms with Crippen molar-refractivity contribution >= 4 is 22.0 Å². The van der Waals surface area contributed by atoms with Crippen LogP contribution in [-0.2, 0) is 0 Å². The Morgan fingerprint density at radius 2 is 1.94 bits per heavy atom. The first kappa shape index (κ1) is 13.2. The fraction of sp³-hybridized carbons (Fsp3) is 0.333. The fourth-order valence-electron chi connectivity index (χ4n) is 1.46. The largest absolute Gasteiger partial charge is 0.0925 e. The van der Waals surface area contributed by atoms with E-state index in [4.69, 9.17) is 0 Å². The third-order valence-electron chi connectivity index (χ3n) is 2.42. The molecule has 1 aromatic carbocycles. The molecule has 0 aliphatic rings. The predicted octanol–water partition coefficient (Wildman–Crippen LogP) is 5.21. The van der Waals surface area contributed by atoms with Crippen LogP contribution in [0.3, 0.4) is 0 Å². The van der Waals surface area contributed by atoms with E-state index >= 15 is 0 Å². The number of benzene rings is 1. The smallest absolute Gasteiger partial charge is 0.00684 e. The Hall–Kier alpha value is -0.820. The molecule has 0 radical (unpaired) electrons. The summed E-state index contributed by atoms with van der Waals surface area (Å²) in [7, 11) is 0. The molecule has 1 aromatic rings. The fourth-order valence-corrected chi connectivity index (χ4v) is 2.09. The van der Waals surface area contributed by atoms with Crippen molar-refractivity contribution in [3.8, 4) is 0 Å². The highest BCUT2D eigenvalue weighted by Crippen LogP contribution is 2.07. The van der Waals surface area contributed by atoms with Gasteiger partial charge in [-0.3, -0.25) is 0 Å². The maximum atomic E-state index is 3.45. The van der Waals surface area contributed by atoms with E-state index in [1.54, 1.807) is 0 Å². The summed E-state index contributed by atoms with van der Waals surface area (Å²) in [6, 6.07) is 10.4. The molecule has 0 nitrogen and oxygen atoms in total. The van der Waals surface area contributed by atoms with E-state index in [1.807, 2.05) is 6.07 Å². The van der Waals surface area contributed by atoms with Crippen molar-refractivity contribution in [1.82, 2.24) is 0 Å². The molecule has 1 rings (SSSR count). The summed E-state index contributed by atoms with van der Waals surface area (Å²) in [4.78, 5) is 0. The van der Waals surface area contributed by atoms with Crippen LogP contribution in [0.25, 0.3) is 6.08 Å². The number of allylic oxidation sites excluding steroid dienone is 3. The molecule has 0 fully saturated rings. The van der Waals surface area contributed by atoms with Gasteiger partial charge in [-0.25, -0.2) is 0 Å². The van der Waals surface area contributed by atoms with E-state index in [2.05, 4.69) is 65.3 Å². The van der Waals surface area contributed by atoms with E-state index in [0.717, 1.165) is 24.6 Å². The van der Waals surface area contributed by atoms with E-state index in [1.165, 1.54) is 11.1 Å². The minimum absolute atomic E-state index is 1.06. The van der Waals surface area contributed by atoms with Gasteiger partial charge in [0.25, 0.3) is 0 Å². The molecule has 0 aliphatic carbocycles. The van der Waals surface area contributed by atoms with Crippen molar-refractivity contribution in [2.45, 2.75) is 26.2 Å². The van der Waals surface area contributed by atoms with Gasteiger partial charge in [0.2, 0.25) is 0 Å². The predicted molar refractivity (Wildman–Crippen MR) is 76.9 cm³/mol. The van der Waals surface area contributed by atoms with Gasteiger partial charge >= 0.3 is 0 Å². The number of rotatable bonds is 6. The van der Waals surface area contributed by atoms with Crippen LogP contribution in [0.15, 0.2) is 48.1 Å². The van der Waals surface area contributed by atoms with Gasteiger partial charge in [0, 0.05) is 5.33 Å². The van der Waals surface area contributed by atoms with Crippen LogP contribution in [0.1, 0.15) is 31.7 Å². The average Bonchev–Trinajstić information content (AvgIpc) is 2.30. The molecule has 0 aromatic heterocycles. The zero-order valence-electron chi connectivity index (χ0n) is 9.83. The molecule has 0 amide bonds. The lowest BCUT2D eigenvalue weighted by Gasteiger charge is -1.96. The second-order valence-electron chi connectivity index (χ2n) is 3.88. The zero-order chi connectivity index (χ0) is 11.6. The monoisotopic (exact) mass is 278 g/mol. The van der Waals surface area contributed by atoms with Crippen LogP contribution < -0.4 is 0 Å². The lowest BCUT2D eigenvalue weighted by atomic mass is 10.1. The van der Waals surface area contributed by atoms with Crippen molar-refractivity contribution < 1.29 is 0 Å². The minimum atomic E-state index is 1.06. The first-order valence-electron chi connectivity index (χ1n) is 5.76. The van der Waals surface area contributed by atoms with Gasteiger partial charge in [-0.1, -0.05) is 70.1 Å². The highest BCUT2D eigenvalue weighted by molar-refractivity contribution is 9.09. The van der Waals surface area contributed by atoms with Gasteiger partial charge in [-0.05, 0) is 31.7 Å². The van der Waals surface area contributed by atoms with Gasteiger partial charge < -0.3 is 0 Å². The molecular formula is C15H19Br. The van der Waals surface area contributed by atoms with Gasteiger partial charge in [0.1, 0.15) is 0 Å². The molecule has 0 spiro atoms. The molecule has 0 unspecified atom stereocenters. The van der Waals surface area contributed by atoms with Crippen LogP contribution in [0.4, 0.5) is 0 Å². The Morgan fingerprint density at radius 1 is 1.19 bits per heavy atom. The lowest BCUT2D eigenvalue weighted by molar-refractivity contribution is 1.01. The second kappa shape index (κ2) is 8.35. The van der Waals surface area contributed by atoms with Crippen molar-refractivity contribution in [2.75, 3.05) is 5.33 Å². The summed E-state index contributed by atoms with van der Waals surface area (Å²) in [5.41, 5.74) is 2.76. The Labute approximate surface area is 107 Å². The van der Waals surface area contributed by atoms with Crippen molar-refractivity contribution in [2.24, 2.45) is 0 Å². The molecule has 86 valence electrons. The van der Waals surface area contributed by atoms with Crippen molar-refractivity contribution in [3.05, 3.63) is 53.6 Å². The van der Waals surface area contributed by atoms with Crippen LogP contribution >= 0.6 is 15.9 Å². The summed E-state index contributed by atoms with van der Waals surface area (Å²) in [5, 5.41) is 1.06. The Kier molecular flexibility index (Phi) is 6.91. The Morgan fingerprint density at radius 3 is 2.62 bits per heavy atom. The number of unbranched alkanes of at least 4 members (excludes halogenated alkanes) is 1. The molecular weight excluding hydrogens is 260 g/mol. The van der Waals surface area contributed by atoms with E-state index < -0.39 is 0 Å². The Balaban J connectivity index is 2.26. The molecule has 0 N–H and O–H groups in total. The van der Waals surface area contributed by atoms with Crippen molar-refractivity contribution in [3.63, 3.8) is 0 Å². The molecule has 16 heavy (non-hydrogen) atoms. The maximum absolute atomic E-state index is 3.45. The van der Waals surface area contributed by atoms with E-state index in [-0.39, 0.29) is 0 Å². The number of alkyl halides is 1. The SMILES string of the molecule is C/C(=C\CC/C=C/c1ccccc1)CCBr. The second-order valence-corrected chi connectivity index (χ2v) is 4.67. The van der Waals surface area contributed by atoms with Gasteiger partial charge in [0.05, 0.1) is 0 Å². The van der Waals surface area contributed by atoms with Crippen LogP contribution in [0.2, 0.25) is 0 Å². The summed E-state index contributed by atoms with van der Waals surface area (Å²) in [6.07, 6.45) is 10.2. The number of halogens is 1. The van der Waals surface area contributed by atoms with Crippen LogP contribution in [0, 0.1) is 0 Å². The lowest BCUT2D eigenvalue weighted by Crippen LogP contribution is -1.78. The molecule has 0 heterocycles. The third-order valence-corrected chi connectivity index (χ3v) is 2.82. The van der Waals surface area contributed by atoms with E-state index in [0.29, 0.717) is 0 Å². The van der Waals surface area contributed by atoms with E-state index in [9.17, 15) is 0 Å². The number of hydrogen-bond donors (Lipinski definition) is 0. The summed E-state index contributed by atoms with van der Waals surface area (Å²) < 4.78 is 0. The molecule has 0 aliphatic heterocycles. The maximum Gasteiger partial charge on any atom is 0.00684 e. The van der Waals surface area contributed by atoms with Gasteiger partial charge in [-0.2, -0.15) is 0 Å². The highest BCUT2D eigenvalue weighted by Gasteiger charge is 1.87. The standard InChI is InChI=1S/C15H19Br/c1-14(12-13-16)8-4-2-5-9-15-10-6-3-7-11-15/h3,5-11H,2,4,12-13H2,1H3/b9-5+,14-8+. The van der Waals surface area contributed by atoms with Crippen LogP contribution in [0.5, 0.6) is 0 Å². The first-order valence-corrected chi connectivity index (χ1v) is 6.88. The number of hydrogen-bond acceptors (Lipinski definition) is 0. The summed E-state index contributed by atoms with van der Waals surface area (Å²) in [6.45, 7) is 2.20. The minimum Gasteiger partial charge on any atom is -0.0925 e. The first-order chi connectivity index (χ1) is 7.83. The van der Waals surface area contributed by atoms with Gasteiger partial charge in [0.15, 0.2) is 0 Å². The average molecular weight is 279 g/mol. The summed E-state index contributed by atoms with van der Waals surface area (Å²) in [5.74, 6) is 0.